The lowest BCUT2D eigenvalue weighted by Crippen LogP contribution is -2.48. The number of anilines is 1. The highest BCUT2D eigenvalue weighted by Gasteiger charge is 2.27. The zero-order chi connectivity index (χ0) is 21.4. The summed E-state index contributed by atoms with van der Waals surface area (Å²) in [6, 6.07) is 18.2. The molecule has 6 heteroatoms. The first-order chi connectivity index (χ1) is 15.2. The number of fused-ring (bicyclic) bond motifs is 2. The minimum atomic E-state index is 0.0417. The van der Waals surface area contributed by atoms with Gasteiger partial charge < -0.3 is 14.5 Å². The molecule has 158 valence electrons. The second-order valence-corrected chi connectivity index (χ2v) is 8.80. The van der Waals surface area contributed by atoms with Gasteiger partial charge in [-0.1, -0.05) is 53.8 Å². The third-order valence-electron chi connectivity index (χ3n) is 5.85. The molecule has 4 aromatic rings. The number of benzene rings is 3. The minimum absolute atomic E-state index is 0.0417. The van der Waals surface area contributed by atoms with E-state index in [2.05, 4.69) is 30.0 Å². The number of piperazine rings is 1. The van der Waals surface area contributed by atoms with Gasteiger partial charge in [-0.05, 0) is 42.3 Å². The Labute approximate surface area is 185 Å². The summed E-state index contributed by atoms with van der Waals surface area (Å²) in [6.07, 6.45) is 0. The standard InChI is InChI=1S/C25H25N3O2S/c1-3-30-20-12-11-18-8-4-5-9-19(18)22(20)24(29)27-13-15-28(16-14-27)25-26-23-17(2)7-6-10-21(23)31-25/h4-12H,3,13-16H2,1-2H3. The molecular weight excluding hydrogens is 406 g/mol. The maximum absolute atomic E-state index is 13.6. The Morgan fingerprint density at radius 3 is 2.61 bits per heavy atom. The fourth-order valence-electron chi connectivity index (χ4n) is 4.22. The number of hydrogen-bond acceptors (Lipinski definition) is 5. The van der Waals surface area contributed by atoms with Gasteiger partial charge in [-0.15, -0.1) is 0 Å². The summed E-state index contributed by atoms with van der Waals surface area (Å²) in [4.78, 5) is 22.7. The number of carbonyl (C=O) groups excluding carboxylic acids is 1. The third-order valence-corrected chi connectivity index (χ3v) is 6.93. The van der Waals surface area contributed by atoms with Crippen LogP contribution in [-0.2, 0) is 0 Å². The summed E-state index contributed by atoms with van der Waals surface area (Å²) >= 11 is 1.73. The lowest BCUT2D eigenvalue weighted by atomic mass is 10.0. The van der Waals surface area contributed by atoms with Gasteiger partial charge in [-0.25, -0.2) is 4.98 Å². The summed E-state index contributed by atoms with van der Waals surface area (Å²) in [7, 11) is 0. The first kappa shape index (κ1) is 19.8. The number of rotatable bonds is 4. The number of nitrogens with zero attached hydrogens (tertiary/aromatic N) is 3. The number of aromatic nitrogens is 1. The Hall–Kier alpha value is -3.12. The molecule has 2 heterocycles. The molecule has 0 atom stereocenters. The predicted molar refractivity (Wildman–Crippen MR) is 128 cm³/mol. The zero-order valence-electron chi connectivity index (χ0n) is 17.8. The van der Waals surface area contributed by atoms with Crippen molar-refractivity contribution >= 4 is 43.4 Å². The van der Waals surface area contributed by atoms with Gasteiger partial charge in [0.2, 0.25) is 0 Å². The van der Waals surface area contributed by atoms with Crippen LogP contribution in [0.4, 0.5) is 5.13 Å². The predicted octanol–water partition coefficient (Wildman–Crippen LogP) is 5.12. The summed E-state index contributed by atoms with van der Waals surface area (Å²) in [6.45, 7) is 7.47. The second kappa shape index (κ2) is 8.19. The molecule has 0 bridgehead atoms. The highest BCUT2D eigenvalue weighted by atomic mass is 32.1. The molecule has 1 amide bonds. The van der Waals surface area contributed by atoms with Gasteiger partial charge in [-0.3, -0.25) is 4.79 Å². The van der Waals surface area contributed by atoms with Crippen LogP contribution >= 0.6 is 11.3 Å². The first-order valence-corrected chi connectivity index (χ1v) is 11.5. The van der Waals surface area contributed by atoms with E-state index in [9.17, 15) is 4.79 Å². The SMILES string of the molecule is CCOc1ccc2ccccc2c1C(=O)N1CCN(c2nc3c(C)cccc3s2)CC1. The van der Waals surface area contributed by atoms with E-state index < -0.39 is 0 Å². The molecule has 0 N–H and O–H groups in total. The van der Waals surface area contributed by atoms with E-state index in [1.54, 1.807) is 11.3 Å². The molecule has 0 unspecified atom stereocenters. The van der Waals surface area contributed by atoms with Crippen molar-refractivity contribution in [3.8, 4) is 5.75 Å². The van der Waals surface area contributed by atoms with Crippen LogP contribution in [0, 0.1) is 6.92 Å². The molecule has 0 saturated carbocycles. The van der Waals surface area contributed by atoms with Crippen molar-refractivity contribution in [2.75, 3.05) is 37.7 Å². The third kappa shape index (κ3) is 3.61. The molecule has 31 heavy (non-hydrogen) atoms. The van der Waals surface area contributed by atoms with E-state index in [4.69, 9.17) is 9.72 Å². The van der Waals surface area contributed by atoms with E-state index in [0.717, 1.165) is 34.5 Å². The summed E-state index contributed by atoms with van der Waals surface area (Å²) < 4.78 is 7.04. The molecule has 0 spiro atoms. The van der Waals surface area contributed by atoms with Crippen molar-refractivity contribution in [3.05, 3.63) is 65.7 Å². The summed E-state index contributed by atoms with van der Waals surface area (Å²) in [5, 5.41) is 3.04. The lowest BCUT2D eigenvalue weighted by Gasteiger charge is -2.35. The van der Waals surface area contributed by atoms with E-state index in [1.165, 1.54) is 10.3 Å². The summed E-state index contributed by atoms with van der Waals surface area (Å²) in [5.74, 6) is 0.704. The van der Waals surface area contributed by atoms with Crippen LogP contribution in [0.2, 0.25) is 0 Å². The largest absolute Gasteiger partial charge is 0.493 e. The van der Waals surface area contributed by atoms with Crippen molar-refractivity contribution in [2.24, 2.45) is 0 Å². The topological polar surface area (TPSA) is 45.7 Å². The van der Waals surface area contributed by atoms with Gasteiger partial charge in [0.05, 0.1) is 22.4 Å². The molecule has 5 rings (SSSR count). The van der Waals surface area contributed by atoms with Gasteiger partial charge in [0.25, 0.3) is 5.91 Å². The Morgan fingerprint density at radius 1 is 1.03 bits per heavy atom. The van der Waals surface area contributed by atoms with Crippen LogP contribution < -0.4 is 9.64 Å². The van der Waals surface area contributed by atoms with Crippen LogP contribution in [0.3, 0.4) is 0 Å². The molecule has 1 saturated heterocycles. The fourth-order valence-corrected chi connectivity index (χ4v) is 5.31. The summed E-state index contributed by atoms with van der Waals surface area (Å²) in [5.41, 5.74) is 2.95. The van der Waals surface area contributed by atoms with E-state index in [1.807, 2.05) is 48.2 Å². The molecular formula is C25H25N3O2S. The maximum Gasteiger partial charge on any atom is 0.258 e. The van der Waals surface area contributed by atoms with Crippen molar-refractivity contribution in [1.82, 2.24) is 9.88 Å². The van der Waals surface area contributed by atoms with Crippen molar-refractivity contribution in [1.29, 1.82) is 0 Å². The highest BCUT2D eigenvalue weighted by molar-refractivity contribution is 7.22. The normalized spacial score (nSPS) is 14.4. The van der Waals surface area contributed by atoms with E-state index in [0.29, 0.717) is 31.0 Å². The molecule has 1 aliphatic rings. The van der Waals surface area contributed by atoms with Crippen LogP contribution in [-0.4, -0.2) is 48.6 Å². The molecule has 0 radical (unpaired) electrons. The Kier molecular flexibility index (Phi) is 5.24. The fraction of sp³-hybridized carbons (Fsp3) is 0.280. The number of thiazole rings is 1. The van der Waals surface area contributed by atoms with E-state index in [-0.39, 0.29) is 5.91 Å². The maximum atomic E-state index is 13.6. The molecule has 3 aromatic carbocycles. The quantitative estimate of drug-likeness (QED) is 0.450. The van der Waals surface area contributed by atoms with Gasteiger partial charge >= 0.3 is 0 Å². The van der Waals surface area contributed by atoms with Crippen LogP contribution in [0.5, 0.6) is 5.75 Å². The van der Waals surface area contributed by atoms with Crippen molar-refractivity contribution in [3.63, 3.8) is 0 Å². The molecule has 5 nitrogen and oxygen atoms in total. The van der Waals surface area contributed by atoms with Crippen LogP contribution in [0.15, 0.2) is 54.6 Å². The number of aryl methyl sites for hydroxylation is 1. The number of ether oxygens (including phenoxy) is 1. The Bertz CT molecular complexity index is 1260. The van der Waals surface area contributed by atoms with Gasteiger partial charge in [0.1, 0.15) is 5.75 Å². The Morgan fingerprint density at radius 2 is 1.84 bits per heavy atom. The number of para-hydroxylation sites is 1. The number of amides is 1. The molecule has 1 fully saturated rings. The minimum Gasteiger partial charge on any atom is -0.493 e. The Balaban J connectivity index is 1.39. The van der Waals surface area contributed by atoms with Crippen LogP contribution in [0.25, 0.3) is 21.0 Å². The smallest absolute Gasteiger partial charge is 0.258 e. The average molecular weight is 432 g/mol. The molecule has 1 aromatic heterocycles. The van der Waals surface area contributed by atoms with Gasteiger partial charge in [-0.2, -0.15) is 0 Å². The monoisotopic (exact) mass is 431 g/mol. The van der Waals surface area contributed by atoms with Crippen molar-refractivity contribution in [2.45, 2.75) is 13.8 Å². The molecule has 0 aliphatic carbocycles. The first-order valence-electron chi connectivity index (χ1n) is 10.7. The number of carbonyl (C=O) groups is 1. The molecule has 1 aliphatic heterocycles. The second-order valence-electron chi connectivity index (χ2n) is 7.79. The lowest BCUT2D eigenvalue weighted by molar-refractivity contribution is 0.0744. The van der Waals surface area contributed by atoms with Gasteiger partial charge in [0.15, 0.2) is 5.13 Å². The number of hydrogen-bond donors (Lipinski definition) is 0. The zero-order valence-corrected chi connectivity index (χ0v) is 18.6. The average Bonchev–Trinajstić information content (AvgIpc) is 3.25. The highest BCUT2D eigenvalue weighted by Crippen LogP contribution is 2.32. The van der Waals surface area contributed by atoms with Crippen LogP contribution in [0.1, 0.15) is 22.8 Å². The van der Waals surface area contributed by atoms with Crippen molar-refractivity contribution < 1.29 is 9.53 Å². The van der Waals surface area contributed by atoms with E-state index >= 15 is 0 Å². The van der Waals surface area contributed by atoms with Gasteiger partial charge in [0, 0.05) is 26.2 Å².